The number of hydrogen-bond acceptors (Lipinski definition) is 2. The van der Waals surface area contributed by atoms with Crippen molar-refractivity contribution in [2.45, 2.75) is 33.1 Å². The number of nitrogens with zero attached hydrogens (tertiary/aromatic N) is 1. The van der Waals surface area contributed by atoms with Gasteiger partial charge in [-0.25, -0.2) is 0 Å². The van der Waals surface area contributed by atoms with Crippen molar-refractivity contribution in [3.05, 3.63) is 18.1 Å². The third-order valence-corrected chi connectivity index (χ3v) is 2.68. The van der Waals surface area contributed by atoms with Gasteiger partial charge in [-0.1, -0.05) is 25.7 Å². The van der Waals surface area contributed by atoms with Crippen LogP contribution in [0, 0.1) is 5.92 Å². The maximum Gasteiger partial charge on any atom is 0.225 e. The molecule has 1 aliphatic heterocycles. The number of amides is 1. The summed E-state index contributed by atoms with van der Waals surface area (Å²) in [5.41, 5.74) is 2.65. The minimum atomic E-state index is 0.199. The summed E-state index contributed by atoms with van der Waals surface area (Å²) < 4.78 is 5.32. The molecule has 84 valence electrons. The zero-order valence-electron chi connectivity index (χ0n) is 9.58. The molecule has 0 N–H and O–H groups in total. The smallest absolute Gasteiger partial charge is 0.225 e. The van der Waals surface area contributed by atoms with Gasteiger partial charge >= 0.3 is 0 Å². The highest BCUT2D eigenvalue weighted by molar-refractivity contribution is 5.78. The number of rotatable bonds is 5. The molecule has 0 saturated carbocycles. The third-order valence-electron chi connectivity index (χ3n) is 2.68. The fourth-order valence-corrected chi connectivity index (χ4v) is 1.81. The third kappa shape index (κ3) is 3.45. The van der Waals surface area contributed by atoms with E-state index in [1.807, 2.05) is 0 Å². The van der Waals surface area contributed by atoms with Crippen LogP contribution >= 0.6 is 0 Å². The molecule has 0 bridgehead atoms. The second kappa shape index (κ2) is 5.62. The molecule has 3 nitrogen and oxygen atoms in total. The highest BCUT2D eigenvalue weighted by Crippen LogP contribution is 2.22. The summed E-state index contributed by atoms with van der Waals surface area (Å²) in [6.45, 7) is 8.59. The fourth-order valence-electron chi connectivity index (χ4n) is 1.81. The summed E-state index contributed by atoms with van der Waals surface area (Å²) in [4.78, 5) is 13.3. The molecule has 0 aliphatic carbocycles. The predicted octanol–water partition coefficient (Wildman–Crippen LogP) is 2.30. The van der Waals surface area contributed by atoms with Crippen LogP contribution in [0.1, 0.15) is 33.1 Å². The molecule has 1 amide bonds. The predicted molar refractivity (Wildman–Crippen MR) is 59.0 cm³/mol. The molecule has 1 aliphatic rings. The Balaban J connectivity index is 2.37. The van der Waals surface area contributed by atoms with Crippen LogP contribution in [0.15, 0.2) is 18.1 Å². The van der Waals surface area contributed by atoms with Crippen LogP contribution in [0.4, 0.5) is 0 Å². The lowest BCUT2D eigenvalue weighted by atomic mass is 10.0. The molecule has 15 heavy (non-hydrogen) atoms. The molecule has 1 unspecified atom stereocenters. The Kier molecular flexibility index (Phi) is 4.44. The number of allylic oxidation sites excluding steroid dienone is 1. The average Bonchev–Trinajstić information content (AvgIpc) is 2.56. The van der Waals surface area contributed by atoms with Gasteiger partial charge in [0.25, 0.3) is 0 Å². The highest BCUT2D eigenvalue weighted by Gasteiger charge is 2.28. The molecule has 0 radical (unpaired) electrons. The van der Waals surface area contributed by atoms with Crippen molar-refractivity contribution in [1.82, 2.24) is 4.90 Å². The number of ether oxygens (including phenoxy) is 1. The van der Waals surface area contributed by atoms with E-state index in [0.717, 1.165) is 19.4 Å². The van der Waals surface area contributed by atoms with E-state index in [4.69, 9.17) is 4.74 Å². The van der Waals surface area contributed by atoms with Crippen LogP contribution in [0.3, 0.4) is 0 Å². The van der Waals surface area contributed by atoms with E-state index >= 15 is 0 Å². The van der Waals surface area contributed by atoms with E-state index in [0.29, 0.717) is 24.8 Å². The van der Waals surface area contributed by atoms with E-state index in [-0.39, 0.29) is 5.91 Å². The second-order valence-electron chi connectivity index (χ2n) is 3.98. The van der Waals surface area contributed by atoms with Crippen LogP contribution in [0.25, 0.3) is 0 Å². The SMILES string of the molecule is C=C=C(C)OCN1CC(CCC)CC1=O. The summed E-state index contributed by atoms with van der Waals surface area (Å²) in [7, 11) is 0. The molecular weight excluding hydrogens is 190 g/mol. The molecule has 1 atom stereocenters. The standard InChI is InChI=1S/C12H19NO2/c1-4-6-11-7-12(14)13(8-11)9-15-10(3)5-2/h11H,2,4,6-9H2,1,3H3. The van der Waals surface area contributed by atoms with Gasteiger partial charge in [0.2, 0.25) is 5.91 Å². The molecular formula is C12H19NO2. The summed E-state index contributed by atoms with van der Waals surface area (Å²) >= 11 is 0. The molecule has 1 heterocycles. The van der Waals surface area contributed by atoms with Crippen LogP contribution < -0.4 is 0 Å². The van der Waals surface area contributed by atoms with Crippen molar-refractivity contribution < 1.29 is 9.53 Å². The average molecular weight is 209 g/mol. The number of carbonyl (C=O) groups is 1. The number of likely N-dealkylation sites (tertiary alicyclic amines) is 1. The lowest BCUT2D eigenvalue weighted by Crippen LogP contribution is -2.27. The Morgan fingerprint density at radius 2 is 2.47 bits per heavy atom. The monoisotopic (exact) mass is 209 g/mol. The molecule has 0 spiro atoms. The Hall–Kier alpha value is -1.21. The van der Waals surface area contributed by atoms with Crippen LogP contribution in [0.5, 0.6) is 0 Å². The summed E-state index contributed by atoms with van der Waals surface area (Å²) in [5, 5.41) is 0. The Labute approximate surface area is 91.4 Å². The highest BCUT2D eigenvalue weighted by atomic mass is 16.5. The minimum Gasteiger partial charge on any atom is -0.470 e. The minimum absolute atomic E-state index is 0.199. The molecule has 1 saturated heterocycles. The quantitative estimate of drug-likeness (QED) is 0.513. The van der Waals surface area contributed by atoms with Crippen molar-refractivity contribution in [3.63, 3.8) is 0 Å². The number of carbonyl (C=O) groups excluding carboxylic acids is 1. The van der Waals surface area contributed by atoms with Gasteiger partial charge in [-0.15, -0.1) is 0 Å². The first kappa shape index (κ1) is 11.9. The maximum atomic E-state index is 11.6. The van der Waals surface area contributed by atoms with Gasteiger partial charge in [-0.3, -0.25) is 4.79 Å². The molecule has 1 rings (SSSR count). The topological polar surface area (TPSA) is 29.5 Å². The normalized spacial score (nSPS) is 20.3. The van der Waals surface area contributed by atoms with Gasteiger partial charge in [-0.05, 0) is 12.3 Å². The van der Waals surface area contributed by atoms with Gasteiger partial charge in [-0.2, -0.15) is 0 Å². The fraction of sp³-hybridized carbons (Fsp3) is 0.667. The van der Waals surface area contributed by atoms with Crippen LogP contribution in [0.2, 0.25) is 0 Å². The van der Waals surface area contributed by atoms with Crippen LogP contribution in [-0.2, 0) is 9.53 Å². The van der Waals surface area contributed by atoms with E-state index in [1.54, 1.807) is 11.8 Å². The van der Waals surface area contributed by atoms with Gasteiger partial charge < -0.3 is 9.64 Å². The first-order valence-electron chi connectivity index (χ1n) is 5.44. The largest absolute Gasteiger partial charge is 0.470 e. The van der Waals surface area contributed by atoms with Gasteiger partial charge in [0.15, 0.2) is 6.73 Å². The van der Waals surface area contributed by atoms with Gasteiger partial charge in [0, 0.05) is 19.9 Å². The van der Waals surface area contributed by atoms with Crippen molar-refractivity contribution >= 4 is 5.91 Å². The zero-order valence-corrected chi connectivity index (χ0v) is 9.58. The Bertz CT molecular complexity index is 279. The van der Waals surface area contributed by atoms with E-state index in [9.17, 15) is 4.79 Å². The van der Waals surface area contributed by atoms with Crippen LogP contribution in [-0.4, -0.2) is 24.1 Å². The first-order valence-corrected chi connectivity index (χ1v) is 5.44. The number of hydrogen-bond donors (Lipinski definition) is 0. The van der Waals surface area contributed by atoms with Gasteiger partial charge in [0.1, 0.15) is 5.76 Å². The summed E-state index contributed by atoms with van der Waals surface area (Å²) in [5.74, 6) is 1.35. The van der Waals surface area contributed by atoms with Crippen molar-refractivity contribution in [1.29, 1.82) is 0 Å². The Morgan fingerprint density at radius 3 is 3.07 bits per heavy atom. The van der Waals surface area contributed by atoms with E-state index in [2.05, 4.69) is 19.2 Å². The second-order valence-corrected chi connectivity index (χ2v) is 3.98. The van der Waals surface area contributed by atoms with Gasteiger partial charge in [0.05, 0.1) is 0 Å². The summed E-state index contributed by atoms with van der Waals surface area (Å²) in [6, 6.07) is 0. The molecule has 1 fully saturated rings. The van der Waals surface area contributed by atoms with Crippen molar-refractivity contribution in [3.8, 4) is 0 Å². The molecule has 0 aromatic rings. The maximum absolute atomic E-state index is 11.6. The zero-order chi connectivity index (χ0) is 11.3. The molecule has 0 aromatic carbocycles. The van der Waals surface area contributed by atoms with Crippen molar-refractivity contribution in [2.24, 2.45) is 5.92 Å². The lowest BCUT2D eigenvalue weighted by molar-refractivity contribution is -0.131. The van der Waals surface area contributed by atoms with Crippen molar-refractivity contribution in [2.75, 3.05) is 13.3 Å². The Morgan fingerprint density at radius 1 is 1.73 bits per heavy atom. The van der Waals surface area contributed by atoms with E-state index < -0.39 is 0 Å². The molecule has 3 heteroatoms. The lowest BCUT2D eigenvalue weighted by Gasteiger charge is -2.16. The molecule has 0 aromatic heterocycles. The first-order chi connectivity index (χ1) is 7.17. The van der Waals surface area contributed by atoms with E-state index in [1.165, 1.54) is 0 Å². The summed E-state index contributed by atoms with van der Waals surface area (Å²) in [6.07, 6.45) is 2.94.